The molecular weight excluding hydrogens is 408 g/mol. The number of nitrogens with two attached hydrogens (primary N) is 1. The Hall–Kier alpha value is -3.85. The summed E-state index contributed by atoms with van der Waals surface area (Å²) in [5, 5.41) is 13.7. The maximum absolute atomic E-state index is 12.8. The van der Waals surface area contributed by atoms with E-state index in [1.54, 1.807) is 19.1 Å². The average Bonchev–Trinajstić information content (AvgIpc) is 2.98. The fourth-order valence-electron chi connectivity index (χ4n) is 3.19. The minimum absolute atomic E-state index is 0.0642. The third-order valence-electron chi connectivity index (χ3n) is 4.59. The van der Waals surface area contributed by atoms with Gasteiger partial charge < -0.3 is 10.5 Å². The van der Waals surface area contributed by atoms with Crippen molar-refractivity contribution >= 4 is 27.5 Å². The zero-order valence-corrected chi connectivity index (χ0v) is 17.1. The second kappa shape index (κ2) is 6.89. The van der Waals surface area contributed by atoms with E-state index in [1.165, 1.54) is 17.9 Å². The van der Waals surface area contributed by atoms with Gasteiger partial charge in [-0.1, -0.05) is 17.7 Å². The van der Waals surface area contributed by atoms with Crippen LogP contribution in [-0.4, -0.2) is 28.2 Å². The molecule has 0 aliphatic carbocycles. The van der Waals surface area contributed by atoms with E-state index in [1.807, 2.05) is 19.1 Å². The summed E-state index contributed by atoms with van der Waals surface area (Å²) in [6, 6.07) is 7.22. The van der Waals surface area contributed by atoms with Gasteiger partial charge in [0, 0.05) is 12.6 Å². The quantitative estimate of drug-likeness (QED) is 0.491. The number of rotatable bonds is 0. The lowest BCUT2D eigenvalue weighted by Gasteiger charge is -2.21. The number of anilines is 3. The molecule has 1 atom stereocenters. The summed E-state index contributed by atoms with van der Waals surface area (Å²) < 4.78 is 37.8. The van der Waals surface area contributed by atoms with E-state index in [4.69, 9.17) is 10.5 Å². The molecule has 2 aromatic heterocycles. The van der Waals surface area contributed by atoms with E-state index in [9.17, 15) is 13.7 Å². The largest absolute Gasteiger partial charge is 0.467 e. The van der Waals surface area contributed by atoms with Crippen LogP contribution in [0.2, 0.25) is 0 Å². The Bertz CT molecular complexity index is 1310. The summed E-state index contributed by atoms with van der Waals surface area (Å²) >= 11 is 0. The Morgan fingerprint density at radius 1 is 1.33 bits per heavy atom. The number of nitrogens with one attached hydrogen (secondary N) is 2. The number of aromatic nitrogens is 4. The van der Waals surface area contributed by atoms with Gasteiger partial charge in [0.05, 0.1) is 23.1 Å². The fraction of sp³-hybridized carbons (Fsp3) is 0.222. The second-order valence-electron chi connectivity index (χ2n) is 6.81. The van der Waals surface area contributed by atoms with Crippen molar-refractivity contribution in [1.82, 2.24) is 19.7 Å². The first-order valence-corrected chi connectivity index (χ1v) is 10.3. The van der Waals surface area contributed by atoms with Crippen LogP contribution < -0.4 is 19.9 Å². The molecule has 154 valence electrons. The van der Waals surface area contributed by atoms with Gasteiger partial charge >= 0.3 is 10.2 Å². The lowest BCUT2D eigenvalue weighted by molar-refractivity contribution is 0.219. The summed E-state index contributed by atoms with van der Waals surface area (Å²) in [6.07, 6.45) is 0.734. The highest BCUT2D eigenvalue weighted by atomic mass is 32.2. The Balaban J connectivity index is 2.00. The van der Waals surface area contributed by atoms with Crippen LogP contribution in [-0.2, 0) is 17.3 Å². The van der Waals surface area contributed by atoms with Crippen LogP contribution >= 0.6 is 0 Å². The number of hydrogen-bond acceptors (Lipinski definition) is 8. The molecule has 4 rings (SSSR count). The van der Waals surface area contributed by atoms with E-state index in [0.717, 1.165) is 5.56 Å². The third kappa shape index (κ3) is 3.35. The molecule has 1 aromatic carbocycles. The van der Waals surface area contributed by atoms with Crippen LogP contribution in [0.25, 0.3) is 11.3 Å². The van der Waals surface area contributed by atoms with Crippen LogP contribution in [0, 0.1) is 18.3 Å². The summed E-state index contributed by atoms with van der Waals surface area (Å²) in [4.78, 5) is 8.50. The molecule has 11 nitrogen and oxygen atoms in total. The molecule has 0 amide bonds. The molecule has 0 fully saturated rings. The third-order valence-corrected chi connectivity index (χ3v) is 5.54. The van der Waals surface area contributed by atoms with Crippen LogP contribution in [0.3, 0.4) is 0 Å². The highest BCUT2D eigenvalue weighted by molar-refractivity contribution is 7.94. The fourth-order valence-corrected chi connectivity index (χ4v) is 4.12. The van der Waals surface area contributed by atoms with Crippen molar-refractivity contribution in [2.24, 2.45) is 7.05 Å². The van der Waals surface area contributed by atoms with Gasteiger partial charge in [0.2, 0.25) is 0 Å². The zero-order chi connectivity index (χ0) is 21.6. The van der Waals surface area contributed by atoms with Crippen LogP contribution in [0.4, 0.5) is 17.3 Å². The van der Waals surface area contributed by atoms with Gasteiger partial charge in [0.25, 0.3) is 5.88 Å². The summed E-state index contributed by atoms with van der Waals surface area (Å²) in [5.41, 5.74) is 8.24. The van der Waals surface area contributed by atoms with E-state index < -0.39 is 16.3 Å². The molecule has 4 N–H and O–H groups in total. The SMILES string of the molecule is Cc1ccc2c(c1)[C@@H](C)Oc1nc(cnc1N)-c1c(nn(C)c1C#N)NS(=O)(=O)N2. The van der Waals surface area contributed by atoms with Gasteiger partial charge in [0.1, 0.15) is 17.9 Å². The number of nitrogens with zero attached hydrogens (tertiary/aromatic N) is 5. The minimum atomic E-state index is -4.10. The summed E-state index contributed by atoms with van der Waals surface area (Å²) in [6.45, 7) is 3.63. The smallest absolute Gasteiger partial charge is 0.322 e. The molecule has 0 saturated carbocycles. The maximum Gasteiger partial charge on any atom is 0.322 e. The van der Waals surface area contributed by atoms with E-state index >= 15 is 0 Å². The predicted molar refractivity (Wildman–Crippen MR) is 110 cm³/mol. The van der Waals surface area contributed by atoms with Gasteiger partial charge in [-0.15, -0.1) is 0 Å². The van der Waals surface area contributed by atoms with Crippen molar-refractivity contribution < 1.29 is 13.2 Å². The number of benzene rings is 1. The molecule has 3 aromatic rings. The highest BCUT2D eigenvalue weighted by Gasteiger charge is 2.27. The first-order chi connectivity index (χ1) is 14.2. The number of nitriles is 1. The molecule has 2 bridgehead atoms. The number of ether oxygens (including phenoxy) is 1. The predicted octanol–water partition coefficient (Wildman–Crippen LogP) is 1.86. The normalized spacial score (nSPS) is 16.9. The molecule has 1 aliphatic rings. The Morgan fingerprint density at radius 2 is 2.10 bits per heavy atom. The maximum atomic E-state index is 12.8. The van der Waals surface area contributed by atoms with Crippen LogP contribution in [0.1, 0.15) is 29.8 Å². The van der Waals surface area contributed by atoms with Gasteiger partial charge in [-0.25, -0.2) is 14.7 Å². The van der Waals surface area contributed by atoms with Gasteiger partial charge in [-0.3, -0.25) is 9.40 Å². The topological polar surface area (TPSA) is 161 Å². The monoisotopic (exact) mass is 426 g/mol. The summed E-state index contributed by atoms with van der Waals surface area (Å²) in [7, 11) is -2.58. The lowest BCUT2D eigenvalue weighted by atomic mass is 10.1. The first-order valence-electron chi connectivity index (χ1n) is 8.86. The van der Waals surface area contributed by atoms with E-state index in [2.05, 4.69) is 24.5 Å². The standard InChI is InChI=1S/C18H18N8O3S/c1-9-4-5-12-11(6-9)10(2)29-18-16(20)21-8-13(22-18)15-14(7-19)26(3)23-17(15)25-30(27,28)24-12/h4-6,8,10,24H,1-3H3,(H2,20,21)(H,23,25)/t10-/m1/s1. The number of nitrogen functional groups attached to an aromatic ring is 1. The second-order valence-corrected chi connectivity index (χ2v) is 8.23. The van der Waals surface area contributed by atoms with Gasteiger partial charge in [-0.05, 0) is 19.9 Å². The van der Waals surface area contributed by atoms with Crippen molar-refractivity contribution in [2.45, 2.75) is 20.0 Å². The van der Waals surface area contributed by atoms with Crippen molar-refractivity contribution in [3.8, 4) is 23.2 Å². The minimum Gasteiger partial charge on any atom is -0.467 e. The average molecular weight is 426 g/mol. The van der Waals surface area contributed by atoms with Gasteiger partial charge in [-0.2, -0.15) is 18.8 Å². The van der Waals surface area contributed by atoms with E-state index in [0.29, 0.717) is 11.3 Å². The molecule has 0 spiro atoms. The van der Waals surface area contributed by atoms with Crippen LogP contribution in [0.5, 0.6) is 5.88 Å². The lowest BCUT2D eigenvalue weighted by Crippen LogP contribution is -2.24. The zero-order valence-electron chi connectivity index (χ0n) is 16.3. The van der Waals surface area contributed by atoms with Crippen molar-refractivity contribution in [2.75, 3.05) is 15.2 Å². The summed E-state index contributed by atoms with van der Waals surface area (Å²) in [5.74, 6) is 0.0535. The molecule has 0 saturated heterocycles. The molecule has 12 heteroatoms. The Labute approximate surface area is 172 Å². The molecular formula is C18H18N8O3S. The van der Waals surface area contributed by atoms with Crippen molar-refractivity contribution in [3.05, 3.63) is 41.2 Å². The Kier molecular flexibility index (Phi) is 4.47. The highest BCUT2D eigenvalue weighted by Crippen LogP contribution is 2.35. The molecule has 0 unspecified atom stereocenters. The first kappa shape index (κ1) is 19.5. The Morgan fingerprint density at radius 3 is 2.83 bits per heavy atom. The van der Waals surface area contributed by atoms with Crippen molar-refractivity contribution in [3.63, 3.8) is 0 Å². The van der Waals surface area contributed by atoms with E-state index in [-0.39, 0.29) is 34.5 Å². The molecule has 1 aliphatic heterocycles. The molecule has 30 heavy (non-hydrogen) atoms. The number of hydrogen-bond donors (Lipinski definition) is 3. The number of fused-ring (bicyclic) bond motifs is 5. The molecule has 3 heterocycles. The van der Waals surface area contributed by atoms with Crippen LogP contribution in [0.15, 0.2) is 24.4 Å². The molecule has 0 radical (unpaired) electrons. The number of aryl methyl sites for hydroxylation is 2. The van der Waals surface area contributed by atoms with Gasteiger partial charge in [0.15, 0.2) is 11.6 Å². The van der Waals surface area contributed by atoms with Crippen molar-refractivity contribution in [1.29, 1.82) is 5.26 Å².